The van der Waals surface area contributed by atoms with Gasteiger partial charge in [-0.2, -0.15) is 0 Å². The number of nitrogens with zero attached hydrogens (tertiary/aromatic N) is 3. The van der Waals surface area contributed by atoms with Crippen molar-refractivity contribution in [2.24, 2.45) is 0 Å². The van der Waals surface area contributed by atoms with Gasteiger partial charge in [0.25, 0.3) is 0 Å². The minimum Gasteiger partial charge on any atom is -0.489 e. The maximum absolute atomic E-state index is 9.81. The Labute approximate surface area is 133 Å². The molecular weight excluding hydrogens is 278 g/mol. The lowest BCUT2D eigenvalue weighted by molar-refractivity contribution is 0.0591. The van der Waals surface area contributed by atoms with Crippen molar-refractivity contribution < 1.29 is 9.84 Å². The predicted octanol–water partition coefficient (Wildman–Crippen LogP) is 1.76. The molecule has 0 amide bonds. The van der Waals surface area contributed by atoms with Gasteiger partial charge >= 0.3 is 0 Å². The summed E-state index contributed by atoms with van der Waals surface area (Å²) in [6.45, 7) is 7.43. The smallest absolute Gasteiger partial charge is 0.123 e. The molecule has 1 aliphatic rings. The highest BCUT2D eigenvalue weighted by molar-refractivity contribution is 5.23. The van der Waals surface area contributed by atoms with Crippen LogP contribution >= 0.6 is 0 Å². The maximum Gasteiger partial charge on any atom is 0.123 e. The molecule has 1 atom stereocenters. The van der Waals surface area contributed by atoms with Gasteiger partial charge in [0.1, 0.15) is 11.9 Å². The molecule has 1 N–H and O–H groups in total. The number of hydrogen-bond acceptors (Lipinski definition) is 5. The van der Waals surface area contributed by atoms with E-state index in [1.54, 1.807) is 0 Å². The molecule has 1 unspecified atom stereocenters. The van der Waals surface area contributed by atoms with Gasteiger partial charge in [-0.3, -0.25) is 9.88 Å². The van der Waals surface area contributed by atoms with Crippen molar-refractivity contribution in [1.82, 2.24) is 14.8 Å². The number of ether oxygens (including phenoxy) is 1. The molecule has 5 heteroatoms. The SMILES string of the molecule is CN(C)Cc1cc(OC2CCN(CCC(C)(C)O)C2)ccn1. The van der Waals surface area contributed by atoms with Crippen molar-refractivity contribution in [2.75, 3.05) is 33.7 Å². The zero-order valence-corrected chi connectivity index (χ0v) is 14.2. The maximum atomic E-state index is 9.81. The minimum atomic E-state index is -0.592. The Kier molecular flexibility index (Phi) is 5.78. The molecule has 1 aliphatic heterocycles. The van der Waals surface area contributed by atoms with Crippen molar-refractivity contribution >= 4 is 0 Å². The molecule has 1 saturated heterocycles. The number of aromatic nitrogens is 1. The first-order valence-electron chi connectivity index (χ1n) is 8.03. The third-order valence-electron chi connectivity index (χ3n) is 3.84. The zero-order valence-electron chi connectivity index (χ0n) is 14.2. The van der Waals surface area contributed by atoms with Crippen LogP contribution in [0.25, 0.3) is 0 Å². The fourth-order valence-electron chi connectivity index (χ4n) is 2.66. The monoisotopic (exact) mass is 307 g/mol. The molecule has 1 aromatic heterocycles. The van der Waals surface area contributed by atoms with Gasteiger partial charge in [0.15, 0.2) is 0 Å². The minimum absolute atomic E-state index is 0.233. The standard InChI is InChI=1S/C17H29N3O2/c1-17(2,21)7-10-20-9-6-16(13-20)22-15-5-8-18-14(11-15)12-19(3)4/h5,8,11,16,21H,6-7,9-10,12-13H2,1-4H3. The Morgan fingerprint density at radius 2 is 2.23 bits per heavy atom. The third-order valence-corrected chi connectivity index (χ3v) is 3.84. The van der Waals surface area contributed by atoms with E-state index in [2.05, 4.69) is 14.8 Å². The molecule has 2 rings (SSSR count). The summed E-state index contributed by atoms with van der Waals surface area (Å²) >= 11 is 0. The second-order valence-electron chi connectivity index (χ2n) is 7.11. The van der Waals surface area contributed by atoms with Crippen molar-refractivity contribution in [3.63, 3.8) is 0 Å². The highest BCUT2D eigenvalue weighted by Gasteiger charge is 2.25. The van der Waals surface area contributed by atoms with E-state index in [1.165, 1.54) is 0 Å². The second-order valence-corrected chi connectivity index (χ2v) is 7.11. The van der Waals surface area contributed by atoms with Gasteiger partial charge in [0, 0.05) is 38.4 Å². The molecule has 0 spiro atoms. The van der Waals surface area contributed by atoms with E-state index in [0.717, 1.165) is 50.5 Å². The number of rotatable bonds is 7. The summed E-state index contributed by atoms with van der Waals surface area (Å²) in [6, 6.07) is 3.96. The summed E-state index contributed by atoms with van der Waals surface area (Å²) in [5, 5.41) is 9.81. The summed E-state index contributed by atoms with van der Waals surface area (Å²) in [7, 11) is 4.07. The topological polar surface area (TPSA) is 48.8 Å². The molecule has 0 saturated carbocycles. The van der Waals surface area contributed by atoms with Gasteiger partial charge in [-0.25, -0.2) is 0 Å². The van der Waals surface area contributed by atoms with Crippen LogP contribution in [0.15, 0.2) is 18.3 Å². The lowest BCUT2D eigenvalue weighted by atomic mass is 10.1. The van der Waals surface area contributed by atoms with Crippen LogP contribution in [-0.4, -0.2) is 65.3 Å². The van der Waals surface area contributed by atoms with Gasteiger partial charge in [-0.05, 0) is 46.9 Å². The van der Waals surface area contributed by atoms with E-state index in [0.29, 0.717) is 0 Å². The summed E-state index contributed by atoms with van der Waals surface area (Å²) in [4.78, 5) is 8.83. The average molecular weight is 307 g/mol. The molecule has 0 aromatic carbocycles. The van der Waals surface area contributed by atoms with Crippen LogP contribution in [0, 0.1) is 0 Å². The van der Waals surface area contributed by atoms with Crippen LogP contribution < -0.4 is 4.74 Å². The van der Waals surface area contributed by atoms with Crippen LogP contribution in [-0.2, 0) is 6.54 Å². The van der Waals surface area contributed by atoms with E-state index in [4.69, 9.17) is 4.74 Å². The molecule has 1 fully saturated rings. The van der Waals surface area contributed by atoms with E-state index in [1.807, 2.05) is 46.3 Å². The fraction of sp³-hybridized carbons (Fsp3) is 0.706. The Bertz CT molecular complexity index is 471. The quantitative estimate of drug-likeness (QED) is 0.832. The van der Waals surface area contributed by atoms with Gasteiger partial charge < -0.3 is 14.7 Å². The molecule has 5 nitrogen and oxygen atoms in total. The first-order valence-corrected chi connectivity index (χ1v) is 8.03. The molecule has 124 valence electrons. The number of likely N-dealkylation sites (tertiary alicyclic amines) is 1. The average Bonchev–Trinajstić information content (AvgIpc) is 2.83. The van der Waals surface area contributed by atoms with Gasteiger partial charge in [-0.15, -0.1) is 0 Å². The Hall–Kier alpha value is -1.17. The first-order chi connectivity index (χ1) is 10.3. The van der Waals surface area contributed by atoms with Crippen LogP contribution in [0.5, 0.6) is 5.75 Å². The lowest BCUT2D eigenvalue weighted by Gasteiger charge is -2.22. The van der Waals surface area contributed by atoms with Gasteiger partial charge in [0.2, 0.25) is 0 Å². The van der Waals surface area contributed by atoms with Crippen molar-refractivity contribution in [2.45, 2.75) is 44.9 Å². The summed E-state index contributed by atoms with van der Waals surface area (Å²) < 4.78 is 6.10. The zero-order chi connectivity index (χ0) is 16.2. The van der Waals surface area contributed by atoms with Crippen molar-refractivity contribution in [3.05, 3.63) is 24.0 Å². The summed E-state index contributed by atoms with van der Waals surface area (Å²) in [6.07, 6.45) is 3.88. The summed E-state index contributed by atoms with van der Waals surface area (Å²) in [5.74, 6) is 0.904. The number of aliphatic hydroxyl groups is 1. The largest absolute Gasteiger partial charge is 0.489 e. The van der Waals surface area contributed by atoms with Gasteiger partial charge in [-0.1, -0.05) is 0 Å². The third kappa shape index (κ3) is 5.91. The highest BCUT2D eigenvalue weighted by atomic mass is 16.5. The Morgan fingerprint density at radius 1 is 1.45 bits per heavy atom. The lowest BCUT2D eigenvalue weighted by Crippen LogP contribution is -2.31. The molecule has 0 radical (unpaired) electrons. The predicted molar refractivity (Wildman–Crippen MR) is 88.0 cm³/mol. The molecular formula is C17H29N3O2. The van der Waals surface area contributed by atoms with E-state index in [9.17, 15) is 5.11 Å². The van der Waals surface area contributed by atoms with Crippen LogP contribution in [0.4, 0.5) is 0 Å². The molecule has 0 bridgehead atoms. The van der Waals surface area contributed by atoms with Crippen LogP contribution in [0.3, 0.4) is 0 Å². The van der Waals surface area contributed by atoms with Crippen LogP contribution in [0.1, 0.15) is 32.4 Å². The number of hydrogen-bond donors (Lipinski definition) is 1. The van der Waals surface area contributed by atoms with E-state index < -0.39 is 5.60 Å². The highest BCUT2D eigenvalue weighted by Crippen LogP contribution is 2.20. The van der Waals surface area contributed by atoms with Crippen molar-refractivity contribution in [3.8, 4) is 5.75 Å². The molecule has 2 heterocycles. The van der Waals surface area contributed by atoms with E-state index in [-0.39, 0.29) is 6.10 Å². The van der Waals surface area contributed by atoms with Gasteiger partial charge in [0.05, 0.1) is 11.3 Å². The molecule has 22 heavy (non-hydrogen) atoms. The summed E-state index contributed by atoms with van der Waals surface area (Å²) in [5.41, 5.74) is 0.435. The first kappa shape index (κ1) is 17.2. The van der Waals surface area contributed by atoms with Crippen LogP contribution in [0.2, 0.25) is 0 Å². The fourth-order valence-corrected chi connectivity index (χ4v) is 2.66. The van der Waals surface area contributed by atoms with E-state index >= 15 is 0 Å². The van der Waals surface area contributed by atoms with Crippen molar-refractivity contribution in [1.29, 1.82) is 0 Å². The Morgan fingerprint density at radius 3 is 2.91 bits per heavy atom. The number of pyridine rings is 1. The normalized spacial score (nSPS) is 19.8. The Balaban J connectivity index is 1.82. The molecule has 0 aliphatic carbocycles. The molecule has 1 aromatic rings. The second kappa shape index (κ2) is 7.40.